The summed E-state index contributed by atoms with van der Waals surface area (Å²) in [5.74, 6) is -0.635. The molecule has 6 heteroatoms. The first-order valence-corrected chi connectivity index (χ1v) is 8.12. The Bertz CT molecular complexity index is 711. The summed E-state index contributed by atoms with van der Waals surface area (Å²) in [5, 5.41) is 0.438. The van der Waals surface area contributed by atoms with E-state index in [1.807, 2.05) is 0 Å². The summed E-state index contributed by atoms with van der Waals surface area (Å²) in [7, 11) is 1.62. The molecule has 0 aromatic heterocycles. The zero-order valence-corrected chi connectivity index (χ0v) is 14.7. The van der Waals surface area contributed by atoms with E-state index in [-0.39, 0.29) is 23.8 Å². The normalized spacial score (nSPS) is 17.0. The van der Waals surface area contributed by atoms with Gasteiger partial charge in [-0.05, 0) is 36.6 Å². The van der Waals surface area contributed by atoms with Gasteiger partial charge in [0.05, 0.1) is 5.69 Å². The molecule has 0 heterocycles. The lowest BCUT2D eigenvalue weighted by Crippen LogP contribution is -2.26. The average Bonchev–Trinajstić information content (AvgIpc) is 2.53. The van der Waals surface area contributed by atoms with Crippen LogP contribution in [0.3, 0.4) is 0 Å². The SMILES string of the molecule is CC(=O)OC1CC=C(C(=O)c2cc(Cl)ccc2N(C)C(C)=O)CC1. The maximum atomic E-state index is 12.9. The van der Waals surface area contributed by atoms with Gasteiger partial charge in [0.1, 0.15) is 6.10 Å². The maximum Gasteiger partial charge on any atom is 0.302 e. The molecule has 0 spiro atoms. The van der Waals surface area contributed by atoms with Crippen LogP contribution in [-0.2, 0) is 14.3 Å². The molecule has 0 bridgehead atoms. The van der Waals surface area contributed by atoms with Gasteiger partial charge in [-0.15, -0.1) is 0 Å². The van der Waals surface area contributed by atoms with Crippen molar-refractivity contribution in [2.45, 2.75) is 39.2 Å². The van der Waals surface area contributed by atoms with Gasteiger partial charge in [0.15, 0.2) is 5.78 Å². The second-order valence-electron chi connectivity index (χ2n) is 5.80. The molecule has 0 saturated carbocycles. The number of amides is 1. The van der Waals surface area contributed by atoms with Crippen molar-refractivity contribution in [2.75, 3.05) is 11.9 Å². The Kier molecular flexibility index (Phi) is 5.78. The van der Waals surface area contributed by atoms with Gasteiger partial charge < -0.3 is 9.64 Å². The van der Waals surface area contributed by atoms with Crippen molar-refractivity contribution in [3.05, 3.63) is 40.4 Å². The number of ketones is 1. The van der Waals surface area contributed by atoms with Gasteiger partial charge in [-0.3, -0.25) is 14.4 Å². The molecule has 1 atom stereocenters. The number of hydrogen-bond donors (Lipinski definition) is 0. The Morgan fingerprint density at radius 2 is 1.96 bits per heavy atom. The largest absolute Gasteiger partial charge is 0.462 e. The van der Waals surface area contributed by atoms with Crippen LogP contribution in [0.25, 0.3) is 0 Å². The predicted octanol–water partition coefficient (Wildman–Crippen LogP) is 3.55. The molecule has 1 unspecified atom stereocenters. The number of halogens is 1. The summed E-state index contributed by atoms with van der Waals surface area (Å²) < 4.78 is 5.17. The Labute approximate surface area is 146 Å². The highest BCUT2D eigenvalue weighted by Gasteiger charge is 2.24. The lowest BCUT2D eigenvalue weighted by molar-refractivity contribution is -0.146. The molecule has 24 heavy (non-hydrogen) atoms. The van der Waals surface area contributed by atoms with Crippen molar-refractivity contribution >= 4 is 34.9 Å². The fourth-order valence-corrected chi connectivity index (χ4v) is 2.86. The third kappa shape index (κ3) is 4.23. The van der Waals surface area contributed by atoms with Crippen LogP contribution in [-0.4, -0.2) is 30.8 Å². The van der Waals surface area contributed by atoms with Gasteiger partial charge in [0.25, 0.3) is 0 Å². The van der Waals surface area contributed by atoms with Crippen molar-refractivity contribution in [1.29, 1.82) is 0 Å². The molecule has 2 rings (SSSR count). The third-order valence-electron chi connectivity index (χ3n) is 4.02. The molecular weight excluding hydrogens is 330 g/mol. The minimum atomic E-state index is -0.316. The summed E-state index contributed by atoms with van der Waals surface area (Å²) in [6.45, 7) is 2.81. The molecule has 1 aliphatic rings. The maximum absolute atomic E-state index is 12.9. The average molecular weight is 350 g/mol. The van der Waals surface area contributed by atoms with Gasteiger partial charge in [0, 0.05) is 37.9 Å². The summed E-state index contributed by atoms with van der Waals surface area (Å²) in [5.41, 5.74) is 1.58. The van der Waals surface area contributed by atoms with E-state index in [2.05, 4.69) is 0 Å². The Morgan fingerprint density at radius 3 is 2.50 bits per heavy atom. The number of carbonyl (C=O) groups is 3. The molecule has 128 valence electrons. The number of hydrogen-bond acceptors (Lipinski definition) is 4. The standard InChI is InChI=1S/C18H20ClNO4/c1-11(21)20(3)17-9-6-14(19)10-16(17)18(23)13-4-7-15(8-5-13)24-12(2)22/h4,6,9-10,15H,5,7-8H2,1-3H3. The first-order valence-electron chi connectivity index (χ1n) is 7.74. The molecule has 0 aliphatic heterocycles. The molecule has 0 saturated heterocycles. The number of ether oxygens (including phenoxy) is 1. The number of allylic oxidation sites excluding steroid dienone is 1. The summed E-state index contributed by atoms with van der Waals surface area (Å²) in [6.07, 6.45) is 3.26. The molecular formula is C18H20ClNO4. The molecule has 0 fully saturated rings. The second-order valence-corrected chi connectivity index (χ2v) is 6.24. The lowest BCUT2D eigenvalue weighted by Gasteiger charge is -2.23. The topological polar surface area (TPSA) is 63.7 Å². The minimum Gasteiger partial charge on any atom is -0.462 e. The molecule has 1 aliphatic carbocycles. The van der Waals surface area contributed by atoms with Gasteiger partial charge in [0.2, 0.25) is 5.91 Å². The van der Waals surface area contributed by atoms with E-state index >= 15 is 0 Å². The van der Waals surface area contributed by atoms with Crippen LogP contribution < -0.4 is 4.90 Å². The molecule has 5 nitrogen and oxygen atoms in total. The number of benzene rings is 1. The van der Waals surface area contributed by atoms with Gasteiger partial charge >= 0.3 is 5.97 Å². The van der Waals surface area contributed by atoms with Crippen LogP contribution >= 0.6 is 11.6 Å². The van der Waals surface area contributed by atoms with Crippen LogP contribution in [0.15, 0.2) is 29.8 Å². The summed E-state index contributed by atoms with van der Waals surface area (Å²) in [4.78, 5) is 36.9. The first kappa shape index (κ1) is 18.2. The Hall–Kier alpha value is -2.14. The van der Waals surface area contributed by atoms with Crippen molar-refractivity contribution in [1.82, 2.24) is 0 Å². The molecule has 1 aromatic carbocycles. The van der Waals surface area contributed by atoms with Crippen LogP contribution in [0.5, 0.6) is 0 Å². The second kappa shape index (κ2) is 7.62. The van der Waals surface area contributed by atoms with E-state index in [9.17, 15) is 14.4 Å². The Balaban J connectivity index is 2.27. The van der Waals surface area contributed by atoms with Crippen LogP contribution in [0.4, 0.5) is 5.69 Å². The fraction of sp³-hybridized carbons (Fsp3) is 0.389. The van der Waals surface area contributed by atoms with Crippen LogP contribution in [0.1, 0.15) is 43.5 Å². The van der Waals surface area contributed by atoms with E-state index in [0.29, 0.717) is 41.1 Å². The third-order valence-corrected chi connectivity index (χ3v) is 4.26. The number of carbonyl (C=O) groups excluding carboxylic acids is 3. The van der Waals surface area contributed by atoms with E-state index in [1.54, 1.807) is 31.3 Å². The highest BCUT2D eigenvalue weighted by atomic mass is 35.5. The number of Topliss-reactive ketones (excluding diaryl/α,β-unsaturated/α-hetero) is 1. The summed E-state index contributed by atoms with van der Waals surface area (Å²) in [6, 6.07) is 4.90. The van der Waals surface area contributed by atoms with Crippen molar-refractivity contribution in [3.63, 3.8) is 0 Å². The zero-order valence-electron chi connectivity index (χ0n) is 14.0. The zero-order chi connectivity index (χ0) is 17.9. The van der Waals surface area contributed by atoms with Crippen molar-refractivity contribution in [2.24, 2.45) is 0 Å². The van der Waals surface area contributed by atoms with Crippen LogP contribution in [0, 0.1) is 0 Å². The van der Waals surface area contributed by atoms with E-state index < -0.39 is 0 Å². The minimum absolute atomic E-state index is 0.151. The van der Waals surface area contributed by atoms with Gasteiger partial charge in [-0.1, -0.05) is 17.7 Å². The van der Waals surface area contributed by atoms with Crippen molar-refractivity contribution < 1.29 is 19.1 Å². The number of rotatable bonds is 4. The van der Waals surface area contributed by atoms with Gasteiger partial charge in [-0.25, -0.2) is 0 Å². The fourth-order valence-electron chi connectivity index (χ4n) is 2.68. The lowest BCUT2D eigenvalue weighted by atomic mass is 9.90. The van der Waals surface area contributed by atoms with Gasteiger partial charge in [-0.2, -0.15) is 0 Å². The smallest absolute Gasteiger partial charge is 0.302 e. The molecule has 1 aromatic rings. The number of anilines is 1. The number of esters is 1. The monoisotopic (exact) mass is 349 g/mol. The van der Waals surface area contributed by atoms with Crippen LogP contribution in [0.2, 0.25) is 5.02 Å². The molecule has 1 amide bonds. The molecule has 0 radical (unpaired) electrons. The van der Waals surface area contributed by atoms with E-state index in [1.165, 1.54) is 18.7 Å². The van der Waals surface area contributed by atoms with E-state index in [4.69, 9.17) is 16.3 Å². The quantitative estimate of drug-likeness (QED) is 0.616. The predicted molar refractivity (Wildman–Crippen MR) is 92.4 cm³/mol. The molecule has 0 N–H and O–H groups in total. The van der Waals surface area contributed by atoms with E-state index in [0.717, 1.165) is 0 Å². The summed E-state index contributed by atoms with van der Waals surface area (Å²) >= 11 is 6.03. The number of nitrogens with zero attached hydrogens (tertiary/aromatic N) is 1. The highest BCUT2D eigenvalue weighted by molar-refractivity contribution is 6.31. The highest BCUT2D eigenvalue weighted by Crippen LogP contribution is 2.30. The Morgan fingerprint density at radius 1 is 1.25 bits per heavy atom. The van der Waals surface area contributed by atoms with Crippen molar-refractivity contribution in [3.8, 4) is 0 Å². The first-order chi connectivity index (χ1) is 11.3.